The van der Waals surface area contributed by atoms with Crippen LogP contribution >= 0.6 is 11.6 Å². The van der Waals surface area contributed by atoms with Gasteiger partial charge >= 0.3 is 0 Å². The summed E-state index contributed by atoms with van der Waals surface area (Å²) in [4.78, 5) is 8.18. The Hall–Kier alpha value is -1.55. The molecule has 5 heteroatoms. The quantitative estimate of drug-likeness (QED) is 0.884. The summed E-state index contributed by atoms with van der Waals surface area (Å²) in [5, 5.41) is 3.89. The normalized spacial score (nSPS) is 10.4. The summed E-state index contributed by atoms with van der Waals surface area (Å²) in [6, 6.07) is 1.86. The van der Waals surface area contributed by atoms with Crippen LogP contribution in [0.1, 0.15) is 5.82 Å². The summed E-state index contributed by atoms with van der Waals surface area (Å²) < 4.78 is 2.01. The van der Waals surface area contributed by atoms with Gasteiger partial charge in [0.15, 0.2) is 0 Å². The Morgan fingerprint density at radius 3 is 3.00 bits per heavy atom. The van der Waals surface area contributed by atoms with Gasteiger partial charge in [-0.05, 0) is 6.07 Å². The van der Waals surface area contributed by atoms with Crippen LogP contribution in [-0.2, 0) is 13.5 Å². The van der Waals surface area contributed by atoms with Crippen LogP contribution in [-0.4, -0.2) is 21.1 Å². The van der Waals surface area contributed by atoms with Gasteiger partial charge in [-0.2, -0.15) is 0 Å². The number of imidazole rings is 1. The zero-order valence-corrected chi connectivity index (χ0v) is 9.78. The van der Waals surface area contributed by atoms with Crippen LogP contribution in [0.3, 0.4) is 0 Å². The molecule has 0 aromatic carbocycles. The Labute approximate surface area is 99.3 Å². The van der Waals surface area contributed by atoms with E-state index in [0.29, 0.717) is 5.02 Å². The smallest absolute Gasteiger partial charge is 0.110 e. The number of halogens is 1. The maximum atomic E-state index is 5.97. The highest BCUT2D eigenvalue weighted by molar-refractivity contribution is 6.33. The van der Waals surface area contributed by atoms with Crippen molar-refractivity contribution in [2.45, 2.75) is 6.42 Å². The first-order valence-electron chi connectivity index (χ1n) is 5.07. The van der Waals surface area contributed by atoms with Crippen LogP contribution < -0.4 is 5.32 Å². The Morgan fingerprint density at radius 1 is 1.44 bits per heavy atom. The summed E-state index contributed by atoms with van der Waals surface area (Å²) in [6.07, 6.45) is 7.95. The minimum Gasteiger partial charge on any atom is -0.383 e. The number of aryl methyl sites for hydroxylation is 1. The van der Waals surface area contributed by atoms with Gasteiger partial charge in [0.05, 0.1) is 10.7 Å². The van der Waals surface area contributed by atoms with Crippen molar-refractivity contribution < 1.29 is 0 Å². The molecule has 0 amide bonds. The molecular formula is C11H13ClN4. The molecule has 84 valence electrons. The lowest BCUT2D eigenvalue weighted by molar-refractivity contribution is 0.789. The van der Waals surface area contributed by atoms with E-state index in [1.807, 2.05) is 23.9 Å². The van der Waals surface area contributed by atoms with Gasteiger partial charge in [-0.1, -0.05) is 11.6 Å². The topological polar surface area (TPSA) is 42.7 Å². The van der Waals surface area contributed by atoms with Gasteiger partial charge in [0.1, 0.15) is 5.82 Å². The number of nitrogens with zero attached hydrogens (tertiary/aromatic N) is 3. The monoisotopic (exact) mass is 236 g/mol. The Kier molecular flexibility index (Phi) is 3.41. The second kappa shape index (κ2) is 4.99. The molecule has 16 heavy (non-hydrogen) atoms. The zero-order chi connectivity index (χ0) is 11.4. The average molecular weight is 237 g/mol. The molecule has 2 aromatic heterocycles. The molecule has 1 N–H and O–H groups in total. The molecule has 0 unspecified atom stereocenters. The highest BCUT2D eigenvalue weighted by atomic mass is 35.5. The molecule has 4 nitrogen and oxygen atoms in total. The van der Waals surface area contributed by atoms with E-state index in [0.717, 1.165) is 24.5 Å². The van der Waals surface area contributed by atoms with Crippen molar-refractivity contribution in [1.29, 1.82) is 0 Å². The van der Waals surface area contributed by atoms with Crippen molar-refractivity contribution in [3.8, 4) is 0 Å². The average Bonchev–Trinajstić information content (AvgIpc) is 2.67. The fourth-order valence-corrected chi connectivity index (χ4v) is 1.65. The first kappa shape index (κ1) is 11.0. The lowest BCUT2D eigenvalue weighted by atomic mass is 10.3. The standard InChI is InChI=1S/C11H13ClN4/c1-16-7-6-15-11(16)3-5-14-10-2-4-13-8-9(10)12/h2,4,6-8H,3,5H2,1H3,(H,13,14). The number of pyridine rings is 1. The molecule has 2 rings (SSSR count). The van der Waals surface area contributed by atoms with Gasteiger partial charge in [-0.3, -0.25) is 4.98 Å². The second-order valence-corrected chi connectivity index (χ2v) is 3.89. The molecular weight excluding hydrogens is 224 g/mol. The summed E-state index contributed by atoms with van der Waals surface area (Å²) in [6.45, 7) is 0.800. The SMILES string of the molecule is Cn1ccnc1CCNc1ccncc1Cl. The fraction of sp³-hybridized carbons (Fsp3) is 0.273. The molecule has 0 aliphatic carbocycles. The van der Waals surface area contributed by atoms with Crippen LogP contribution in [0, 0.1) is 0 Å². The van der Waals surface area contributed by atoms with Gasteiger partial charge < -0.3 is 9.88 Å². The molecule has 0 spiro atoms. The molecule has 0 saturated heterocycles. The van der Waals surface area contributed by atoms with E-state index in [2.05, 4.69) is 15.3 Å². The third-order valence-corrected chi connectivity index (χ3v) is 2.66. The van der Waals surface area contributed by atoms with E-state index in [1.165, 1.54) is 0 Å². The largest absolute Gasteiger partial charge is 0.383 e. The molecule has 0 aliphatic rings. The van der Waals surface area contributed by atoms with Gasteiger partial charge in [0, 0.05) is 44.8 Å². The molecule has 0 saturated carbocycles. The van der Waals surface area contributed by atoms with Crippen LogP contribution in [0.2, 0.25) is 5.02 Å². The number of aromatic nitrogens is 3. The third-order valence-electron chi connectivity index (χ3n) is 2.36. The van der Waals surface area contributed by atoms with Crippen LogP contribution in [0.5, 0.6) is 0 Å². The predicted octanol–water partition coefficient (Wildman–Crippen LogP) is 2.12. The molecule has 0 fully saturated rings. The maximum Gasteiger partial charge on any atom is 0.110 e. The van der Waals surface area contributed by atoms with Crippen molar-refractivity contribution in [2.24, 2.45) is 7.05 Å². The Balaban J connectivity index is 1.89. The van der Waals surface area contributed by atoms with Gasteiger partial charge in [0.2, 0.25) is 0 Å². The first-order valence-corrected chi connectivity index (χ1v) is 5.45. The summed E-state index contributed by atoms with van der Waals surface area (Å²) in [5.41, 5.74) is 0.908. The number of hydrogen-bond acceptors (Lipinski definition) is 3. The fourth-order valence-electron chi connectivity index (χ4n) is 1.46. The number of anilines is 1. The van der Waals surface area contributed by atoms with Gasteiger partial charge in [0.25, 0.3) is 0 Å². The predicted molar refractivity (Wildman–Crippen MR) is 64.6 cm³/mol. The molecule has 0 aliphatic heterocycles. The zero-order valence-electron chi connectivity index (χ0n) is 9.02. The number of nitrogens with one attached hydrogen (secondary N) is 1. The van der Waals surface area contributed by atoms with E-state index < -0.39 is 0 Å². The molecule has 2 heterocycles. The molecule has 2 aromatic rings. The Morgan fingerprint density at radius 2 is 2.31 bits per heavy atom. The van der Waals surface area contributed by atoms with Crippen LogP contribution in [0.4, 0.5) is 5.69 Å². The highest BCUT2D eigenvalue weighted by Crippen LogP contribution is 2.18. The minimum atomic E-state index is 0.641. The lowest BCUT2D eigenvalue weighted by Gasteiger charge is -2.07. The van der Waals surface area contributed by atoms with E-state index in [9.17, 15) is 0 Å². The Bertz CT molecular complexity index is 467. The number of rotatable bonds is 4. The second-order valence-electron chi connectivity index (χ2n) is 3.49. The molecule has 0 radical (unpaired) electrons. The summed E-state index contributed by atoms with van der Waals surface area (Å²) in [5.74, 6) is 1.05. The van der Waals surface area contributed by atoms with Gasteiger partial charge in [-0.15, -0.1) is 0 Å². The first-order chi connectivity index (χ1) is 7.77. The maximum absolute atomic E-state index is 5.97. The van der Waals surface area contributed by atoms with E-state index in [1.54, 1.807) is 18.6 Å². The number of hydrogen-bond donors (Lipinski definition) is 1. The third kappa shape index (κ3) is 2.52. The van der Waals surface area contributed by atoms with E-state index in [-0.39, 0.29) is 0 Å². The lowest BCUT2D eigenvalue weighted by Crippen LogP contribution is -2.08. The van der Waals surface area contributed by atoms with E-state index in [4.69, 9.17) is 11.6 Å². The summed E-state index contributed by atoms with van der Waals surface area (Å²) in [7, 11) is 1.99. The molecule has 0 bridgehead atoms. The minimum absolute atomic E-state index is 0.641. The highest BCUT2D eigenvalue weighted by Gasteiger charge is 2.01. The van der Waals surface area contributed by atoms with Crippen molar-refractivity contribution in [2.75, 3.05) is 11.9 Å². The summed E-state index contributed by atoms with van der Waals surface area (Å²) >= 11 is 5.97. The van der Waals surface area contributed by atoms with Crippen molar-refractivity contribution >= 4 is 17.3 Å². The van der Waals surface area contributed by atoms with Crippen molar-refractivity contribution in [3.63, 3.8) is 0 Å². The van der Waals surface area contributed by atoms with Crippen molar-refractivity contribution in [3.05, 3.63) is 41.7 Å². The van der Waals surface area contributed by atoms with Crippen molar-refractivity contribution in [1.82, 2.24) is 14.5 Å². The van der Waals surface area contributed by atoms with Gasteiger partial charge in [-0.25, -0.2) is 4.98 Å². The molecule has 0 atom stereocenters. The van der Waals surface area contributed by atoms with Crippen LogP contribution in [0.15, 0.2) is 30.9 Å². The van der Waals surface area contributed by atoms with E-state index >= 15 is 0 Å². The van der Waals surface area contributed by atoms with Crippen LogP contribution in [0.25, 0.3) is 0 Å².